The van der Waals surface area contributed by atoms with Gasteiger partial charge >= 0.3 is 5.97 Å². The number of carbonyl (C=O) groups is 2. The van der Waals surface area contributed by atoms with Crippen molar-refractivity contribution >= 4 is 29.2 Å². The van der Waals surface area contributed by atoms with Gasteiger partial charge in [-0.15, -0.1) is 11.3 Å². The summed E-state index contributed by atoms with van der Waals surface area (Å²) in [6.45, 7) is 1.57. The molecule has 15 heavy (non-hydrogen) atoms. The minimum absolute atomic E-state index is 0.261. The number of aliphatic carboxylic acids is 1. The molecule has 0 spiro atoms. The Morgan fingerprint density at radius 3 is 2.67 bits per heavy atom. The fourth-order valence-corrected chi connectivity index (χ4v) is 1.89. The molecular weight excluding hydrogens is 214 g/mol. The summed E-state index contributed by atoms with van der Waals surface area (Å²) >= 11 is 1.39. The molecule has 0 bridgehead atoms. The van der Waals surface area contributed by atoms with E-state index in [0.717, 1.165) is 10.4 Å². The third kappa shape index (κ3) is 2.74. The first-order valence-corrected chi connectivity index (χ1v) is 5.16. The number of thiophene rings is 1. The van der Waals surface area contributed by atoms with Crippen LogP contribution in [0.2, 0.25) is 0 Å². The Morgan fingerprint density at radius 1 is 1.60 bits per heavy atom. The van der Waals surface area contributed by atoms with Crippen LogP contribution in [0.1, 0.15) is 10.4 Å². The van der Waals surface area contributed by atoms with Gasteiger partial charge in [0.05, 0.1) is 6.54 Å². The second-order valence-corrected chi connectivity index (χ2v) is 3.91. The van der Waals surface area contributed by atoms with E-state index >= 15 is 0 Å². The molecule has 0 aromatic carbocycles. The van der Waals surface area contributed by atoms with Crippen molar-refractivity contribution in [2.45, 2.75) is 6.92 Å². The third-order valence-corrected chi connectivity index (χ3v) is 2.86. The van der Waals surface area contributed by atoms with E-state index in [1.807, 2.05) is 18.4 Å². The Bertz CT molecular complexity index is 420. The maximum atomic E-state index is 11.2. The maximum Gasteiger partial charge on any atom is 0.339 e. The molecule has 0 aliphatic rings. The summed E-state index contributed by atoms with van der Waals surface area (Å²) in [5, 5.41) is 10.7. The van der Waals surface area contributed by atoms with Gasteiger partial charge in [0.25, 0.3) is 0 Å². The van der Waals surface area contributed by atoms with Crippen molar-refractivity contribution in [3.05, 3.63) is 27.5 Å². The molecule has 0 atom stereocenters. The van der Waals surface area contributed by atoms with Crippen molar-refractivity contribution in [3.8, 4) is 0 Å². The van der Waals surface area contributed by atoms with Gasteiger partial charge in [0.2, 0.25) is 0 Å². The lowest BCUT2D eigenvalue weighted by molar-refractivity contribution is -0.134. The van der Waals surface area contributed by atoms with Gasteiger partial charge in [0, 0.05) is 4.88 Å². The average molecular weight is 225 g/mol. The van der Waals surface area contributed by atoms with Crippen molar-refractivity contribution in [2.24, 2.45) is 5.73 Å². The van der Waals surface area contributed by atoms with Crippen LogP contribution in [0.15, 0.2) is 17.0 Å². The standard InChI is InChI=1S/C10H11NO3S/c1-6-2-3-15-9(6)4-7(10(13)14)8(12)5-11/h2-4H,5,11H2,1H3,(H,13,14)/b7-4-. The molecule has 0 saturated heterocycles. The number of carbonyl (C=O) groups excluding carboxylic acids is 1. The fraction of sp³-hybridized carbons (Fsp3) is 0.200. The highest BCUT2D eigenvalue weighted by Gasteiger charge is 2.16. The van der Waals surface area contributed by atoms with E-state index in [9.17, 15) is 9.59 Å². The summed E-state index contributed by atoms with van der Waals surface area (Å²) in [7, 11) is 0. The number of carboxylic acids is 1. The Morgan fingerprint density at radius 2 is 2.27 bits per heavy atom. The zero-order valence-electron chi connectivity index (χ0n) is 8.19. The third-order valence-electron chi connectivity index (χ3n) is 1.89. The Kier molecular flexibility index (Phi) is 3.76. The highest BCUT2D eigenvalue weighted by molar-refractivity contribution is 7.11. The Labute approximate surface area is 91.0 Å². The molecule has 0 amide bonds. The Hall–Kier alpha value is -1.46. The summed E-state index contributed by atoms with van der Waals surface area (Å²) in [4.78, 5) is 22.8. The van der Waals surface area contributed by atoms with E-state index in [2.05, 4.69) is 0 Å². The minimum atomic E-state index is -1.24. The summed E-state index contributed by atoms with van der Waals surface area (Å²) in [6, 6.07) is 1.86. The number of hydrogen-bond donors (Lipinski definition) is 2. The van der Waals surface area contributed by atoms with Crippen molar-refractivity contribution in [1.82, 2.24) is 0 Å². The maximum absolute atomic E-state index is 11.2. The Balaban J connectivity index is 3.10. The highest BCUT2D eigenvalue weighted by Crippen LogP contribution is 2.19. The van der Waals surface area contributed by atoms with Crippen LogP contribution in [0.25, 0.3) is 6.08 Å². The van der Waals surface area contributed by atoms with Gasteiger partial charge in [-0.05, 0) is 30.0 Å². The molecule has 3 N–H and O–H groups in total. The molecule has 80 valence electrons. The molecule has 0 radical (unpaired) electrons. The van der Waals surface area contributed by atoms with Gasteiger partial charge in [-0.3, -0.25) is 4.79 Å². The number of nitrogens with two attached hydrogens (primary N) is 1. The highest BCUT2D eigenvalue weighted by atomic mass is 32.1. The summed E-state index contributed by atoms with van der Waals surface area (Å²) in [6.07, 6.45) is 1.37. The van der Waals surface area contributed by atoms with E-state index in [4.69, 9.17) is 10.8 Å². The number of ketones is 1. The summed E-state index contributed by atoms with van der Waals surface area (Å²) in [5.74, 6) is -1.80. The molecule has 4 nitrogen and oxygen atoms in total. The molecule has 0 fully saturated rings. The minimum Gasteiger partial charge on any atom is -0.478 e. The molecule has 1 heterocycles. The van der Waals surface area contributed by atoms with Crippen molar-refractivity contribution < 1.29 is 14.7 Å². The number of Topliss-reactive ketones (excluding diaryl/α,β-unsaturated/α-hetero) is 1. The lowest BCUT2D eigenvalue weighted by Crippen LogP contribution is -2.20. The molecule has 0 aliphatic heterocycles. The fourth-order valence-electron chi connectivity index (χ4n) is 1.03. The van der Waals surface area contributed by atoms with Crippen molar-refractivity contribution in [2.75, 3.05) is 6.54 Å². The zero-order valence-corrected chi connectivity index (χ0v) is 9.00. The second kappa shape index (κ2) is 4.86. The quantitative estimate of drug-likeness (QED) is 0.456. The lowest BCUT2D eigenvalue weighted by Gasteiger charge is -1.98. The average Bonchev–Trinajstić information content (AvgIpc) is 2.59. The molecule has 0 saturated carbocycles. The molecule has 1 rings (SSSR count). The van der Waals surface area contributed by atoms with Crippen LogP contribution in [0.5, 0.6) is 0 Å². The first-order valence-electron chi connectivity index (χ1n) is 4.28. The van der Waals surface area contributed by atoms with E-state index in [1.54, 1.807) is 0 Å². The predicted molar refractivity (Wildman–Crippen MR) is 58.7 cm³/mol. The monoisotopic (exact) mass is 225 g/mol. The van der Waals surface area contributed by atoms with Gasteiger partial charge in [-0.1, -0.05) is 0 Å². The van der Waals surface area contributed by atoms with E-state index in [-0.39, 0.29) is 12.1 Å². The van der Waals surface area contributed by atoms with Crippen LogP contribution in [0, 0.1) is 6.92 Å². The van der Waals surface area contributed by atoms with Crippen LogP contribution >= 0.6 is 11.3 Å². The van der Waals surface area contributed by atoms with E-state index in [0.29, 0.717) is 0 Å². The van der Waals surface area contributed by atoms with Gasteiger partial charge in [-0.2, -0.15) is 0 Å². The van der Waals surface area contributed by atoms with Crippen molar-refractivity contribution in [3.63, 3.8) is 0 Å². The van der Waals surface area contributed by atoms with E-state index < -0.39 is 11.8 Å². The first kappa shape index (κ1) is 11.6. The van der Waals surface area contributed by atoms with Crippen LogP contribution in [0.4, 0.5) is 0 Å². The number of aryl methyl sites for hydroxylation is 1. The van der Waals surface area contributed by atoms with E-state index in [1.165, 1.54) is 17.4 Å². The molecule has 0 aliphatic carbocycles. The second-order valence-electron chi connectivity index (χ2n) is 2.96. The van der Waals surface area contributed by atoms with Gasteiger partial charge in [0.1, 0.15) is 5.57 Å². The number of rotatable bonds is 4. The SMILES string of the molecule is Cc1ccsc1/C=C(\C(=O)O)C(=O)CN. The molecule has 5 heteroatoms. The van der Waals surface area contributed by atoms with Crippen molar-refractivity contribution in [1.29, 1.82) is 0 Å². The zero-order chi connectivity index (χ0) is 11.4. The number of hydrogen-bond acceptors (Lipinski definition) is 4. The topological polar surface area (TPSA) is 80.4 Å². The number of carboxylic acid groups (broad SMARTS) is 1. The van der Waals surface area contributed by atoms with Crippen LogP contribution in [-0.2, 0) is 9.59 Å². The summed E-state index contributed by atoms with van der Waals surface area (Å²) in [5.41, 5.74) is 5.81. The lowest BCUT2D eigenvalue weighted by atomic mass is 10.1. The molecule has 0 unspecified atom stereocenters. The van der Waals surface area contributed by atoms with Gasteiger partial charge in [-0.25, -0.2) is 4.79 Å². The van der Waals surface area contributed by atoms with Gasteiger partial charge < -0.3 is 10.8 Å². The normalized spacial score (nSPS) is 11.5. The molecule has 1 aromatic heterocycles. The molecular formula is C10H11NO3S. The molecule has 1 aromatic rings. The van der Waals surface area contributed by atoms with Crippen LogP contribution in [-0.4, -0.2) is 23.4 Å². The predicted octanol–water partition coefficient (Wildman–Crippen LogP) is 1.05. The largest absolute Gasteiger partial charge is 0.478 e. The van der Waals surface area contributed by atoms with Crippen LogP contribution in [0.3, 0.4) is 0 Å². The van der Waals surface area contributed by atoms with Crippen LogP contribution < -0.4 is 5.73 Å². The first-order chi connectivity index (χ1) is 7.06. The van der Waals surface area contributed by atoms with Gasteiger partial charge in [0.15, 0.2) is 5.78 Å². The summed E-state index contributed by atoms with van der Waals surface area (Å²) < 4.78 is 0. The smallest absolute Gasteiger partial charge is 0.339 e.